The average Bonchev–Trinajstić information content (AvgIpc) is 1.75. The van der Waals surface area contributed by atoms with Gasteiger partial charge in [-0.25, -0.2) is 120 Å². The standard InChI is InChI=1S/C55H12F25N5/c56-30-25(31(57)41(67)50(76)40(30)66)20-10-1-2-11(81-10)21(26-32(58)42(68)51(77)43(69)33(26)59)13-5-6-15(83-13)23(28-36(62)46(72)53(79)47(73)37(28)63)17-7-8-18-24(29-38(64)48(74)54(80)49(75)39(29)65)55-19(85(17)18)9-16(84-55)22(14-4-3-12(20)82-14)27-34(60)44(70)52(78)45(71)35(27)61/h1-9,13,81,83H/b20-10+,21-11+,22-14+,23-15+. The first-order chi connectivity index (χ1) is 40.1. The summed E-state index contributed by atoms with van der Waals surface area (Å²) in [5.74, 6) is -69.2. The zero-order valence-electron chi connectivity index (χ0n) is 40.1. The van der Waals surface area contributed by atoms with E-state index in [1.807, 2.05) is 0 Å². The fourth-order valence-corrected chi connectivity index (χ4v) is 10.2. The topological polar surface area (TPSA) is 57.0 Å². The van der Waals surface area contributed by atoms with Crippen molar-refractivity contribution in [2.75, 3.05) is 0 Å². The molecule has 4 aliphatic heterocycles. The molecule has 7 heterocycles. The van der Waals surface area contributed by atoms with Crippen LogP contribution in [-0.2, 0) is 0 Å². The van der Waals surface area contributed by atoms with Crippen LogP contribution in [0.3, 0.4) is 0 Å². The molecule has 0 amide bonds. The summed E-state index contributed by atoms with van der Waals surface area (Å²) in [7, 11) is 0. The fourth-order valence-electron chi connectivity index (χ4n) is 10.2. The van der Waals surface area contributed by atoms with Gasteiger partial charge in [-0.15, -0.1) is 0 Å². The second-order valence-corrected chi connectivity index (χ2v) is 18.3. The van der Waals surface area contributed by atoms with Crippen LogP contribution >= 0.6 is 0 Å². The summed E-state index contributed by atoms with van der Waals surface area (Å²) in [6.45, 7) is 0. The van der Waals surface area contributed by atoms with Crippen molar-refractivity contribution < 1.29 is 110 Å². The number of aromatic amines is 1. The number of rotatable bonds is 5. The van der Waals surface area contributed by atoms with Gasteiger partial charge in [0.15, 0.2) is 116 Å². The van der Waals surface area contributed by atoms with Crippen molar-refractivity contribution in [1.29, 1.82) is 0 Å². The van der Waals surface area contributed by atoms with E-state index in [4.69, 9.17) is 0 Å². The molecule has 8 bridgehead atoms. The molecule has 2 N–H and O–H groups in total. The van der Waals surface area contributed by atoms with E-state index < -0.39 is 263 Å². The van der Waals surface area contributed by atoms with Crippen LogP contribution in [0.2, 0.25) is 0 Å². The largest absolute Gasteiger partial charge is 0.374 e. The van der Waals surface area contributed by atoms with Gasteiger partial charge >= 0.3 is 0 Å². The number of nitrogens with one attached hydrogen (secondary N) is 2. The van der Waals surface area contributed by atoms with Gasteiger partial charge in [-0.1, -0.05) is 6.08 Å². The van der Waals surface area contributed by atoms with Crippen LogP contribution in [0.15, 0.2) is 69.9 Å². The molecule has 1 atom stereocenters. The Bertz CT molecular complexity index is 4780. The Morgan fingerprint density at radius 3 is 1.21 bits per heavy atom. The fraction of sp³-hybridized carbons (Fsp3) is 0.0182. The van der Waals surface area contributed by atoms with E-state index in [0.717, 1.165) is 0 Å². The highest BCUT2D eigenvalue weighted by Crippen LogP contribution is 2.46. The molecule has 5 nitrogen and oxygen atoms in total. The van der Waals surface area contributed by atoms with Gasteiger partial charge in [-0.05, 0) is 48.6 Å². The maximum atomic E-state index is 16.5. The molecule has 12 rings (SSSR count). The Morgan fingerprint density at radius 2 is 0.741 bits per heavy atom. The summed E-state index contributed by atoms with van der Waals surface area (Å²) in [5, 5.41) is -0.879. The summed E-state index contributed by atoms with van der Waals surface area (Å²) in [6.07, 6.45) is 2.48. The summed E-state index contributed by atoms with van der Waals surface area (Å²) in [5.41, 5.74) is -25.6. The molecule has 0 saturated carbocycles. The zero-order chi connectivity index (χ0) is 61.3. The Kier molecular flexibility index (Phi) is 12.6. The minimum Gasteiger partial charge on any atom is -0.374 e. The summed E-state index contributed by atoms with van der Waals surface area (Å²) >= 11 is 0. The van der Waals surface area contributed by atoms with Crippen LogP contribution in [0.1, 0.15) is 27.9 Å². The number of halogens is 25. The lowest BCUT2D eigenvalue weighted by Crippen LogP contribution is -2.32. The molecule has 3 aromatic heterocycles. The lowest BCUT2D eigenvalue weighted by Gasteiger charge is -2.20. The summed E-state index contributed by atoms with van der Waals surface area (Å²) < 4.78 is 390. The lowest BCUT2D eigenvalue weighted by atomic mass is 9.96. The number of H-pyrrole nitrogens is 1. The number of allylic oxidation sites excluding steroid dienone is 4. The van der Waals surface area contributed by atoms with Crippen LogP contribution < -0.4 is 21.4 Å². The van der Waals surface area contributed by atoms with Gasteiger partial charge in [0.25, 0.3) is 0 Å². The minimum atomic E-state index is -2.87. The molecule has 0 spiro atoms. The minimum absolute atomic E-state index is 0.395. The molecule has 4 aliphatic rings. The monoisotopic (exact) mass is 1220 g/mol. The number of fused-ring (bicyclic) bond motifs is 6. The number of hydrogen-bond acceptors (Lipinski definition) is 3. The van der Waals surface area contributed by atoms with Crippen molar-refractivity contribution in [3.05, 3.63) is 249 Å². The first-order valence-electron chi connectivity index (χ1n) is 23.1. The zero-order valence-corrected chi connectivity index (χ0v) is 40.1. The van der Waals surface area contributed by atoms with E-state index >= 15 is 87.8 Å². The smallest absolute Gasteiger partial charge is 0.200 e. The van der Waals surface area contributed by atoms with Crippen molar-refractivity contribution in [3.63, 3.8) is 0 Å². The average molecular weight is 1220 g/mol. The molecule has 30 heteroatoms. The summed E-state index contributed by atoms with van der Waals surface area (Å²) in [4.78, 5) is 10.2. The Morgan fingerprint density at radius 1 is 0.341 bits per heavy atom. The van der Waals surface area contributed by atoms with Crippen LogP contribution in [-0.4, -0.2) is 26.8 Å². The van der Waals surface area contributed by atoms with Crippen molar-refractivity contribution in [2.24, 2.45) is 9.98 Å². The van der Waals surface area contributed by atoms with Crippen molar-refractivity contribution in [3.8, 4) is 11.1 Å². The van der Waals surface area contributed by atoms with E-state index in [-0.39, 0.29) is 0 Å². The van der Waals surface area contributed by atoms with Gasteiger partial charge in [0.2, 0.25) is 29.1 Å². The van der Waals surface area contributed by atoms with E-state index in [9.17, 15) is 22.0 Å². The molecular formula is C55H12F25N5. The Labute approximate surface area is 451 Å². The second kappa shape index (κ2) is 19.1. The summed E-state index contributed by atoms with van der Waals surface area (Å²) in [6, 6.07) is -0.0724. The molecular weight excluding hydrogens is 1210 g/mol. The number of aliphatic imine (C=N–C) groups is 2. The third-order valence-electron chi connectivity index (χ3n) is 13.9. The number of benzene rings is 5. The number of nitrogens with zero attached hydrogens (tertiary/aromatic N) is 3. The quantitative estimate of drug-likeness (QED) is 0.101. The Hall–Kier alpha value is -9.77. The highest BCUT2D eigenvalue weighted by atomic mass is 19.2. The molecule has 0 saturated heterocycles. The first kappa shape index (κ1) is 55.7. The molecule has 85 heavy (non-hydrogen) atoms. The van der Waals surface area contributed by atoms with Crippen molar-refractivity contribution in [2.45, 2.75) is 6.04 Å². The molecule has 0 radical (unpaired) electrons. The van der Waals surface area contributed by atoms with Gasteiger partial charge in [-0.2, -0.15) is 0 Å². The molecule has 0 aliphatic carbocycles. The normalized spacial score (nSPS) is 18.5. The maximum Gasteiger partial charge on any atom is 0.200 e. The predicted octanol–water partition coefficient (Wildman–Crippen LogP) is 12.8. The van der Waals surface area contributed by atoms with E-state index in [1.54, 1.807) is 0 Å². The highest BCUT2D eigenvalue weighted by molar-refractivity contribution is 6.41. The van der Waals surface area contributed by atoms with E-state index in [2.05, 4.69) is 20.3 Å². The second-order valence-electron chi connectivity index (χ2n) is 18.3. The van der Waals surface area contributed by atoms with Gasteiger partial charge in [0.1, 0.15) is 0 Å². The first-order valence-corrected chi connectivity index (χ1v) is 23.1. The third kappa shape index (κ3) is 7.57. The van der Waals surface area contributed by atoms with Gasteiger partial charge in [0.05, 0.1) is 73.2 Å². The molecule has 0 fully saturated rings. The van der Waals surface area contributed by atoms with Gasteiger partial charge < -0.3 is 14.7 Å². The van der Waals surface area contributed by atoms with E-state index in [1.165, 1.54) is 0 Å². The highest BCUT2D eigenvalue weighted by Gasteiger charge is 2.41. The Balaban J connectivity index is 1.34. The van der Waals surface area contributed by atoms with Crippen molar-refractivity contribution in [1.82, 2.24) is 14.7 Å². The van der Waals surface area contributed by atoms with Crippen LogP contribution in [0.4, 0.5) is 115 Å². The molecule has 5 aromatic carbocycles. The van der Waals surface area contributed by atoms with Crippen molar-refractivity contribution >= 4 is 51.0 Å². The molecule has 8 aromatic rings. The maximum absolute atomic E-state index is 16.5. The third-order valence-corrected chi connectivity index (χ3v) is 13.9. The van der Waals surface area contributed by atoms with Crippen LogP contribution in [0, 0.1) is 145 Å². The van der Waals surface area contributed by atoms with Gasteiger partial charge in [-0.3, -0.25) is 0 Å². The number of aromatic nitrogens is 2. The molecule has 1 unspecified atom stereocenters. The van der Waals surface area contributed by atoms with Crippen LogP contribution in [0.25, 0.3) is 45.0 Å². The van der Waals surface area contributed by atoms with Crippen LogP contribution in [0.5, 0.6) is 0 Å². The predicted molar refractivity (Wildman–Crippen MR) is 245 cm³/mol. The SMILES string of the molecule is Fc1c(F)c(F)c(/C2=C3\C=CC(=N3)/C(c3c(F)c(F)c(F)c(F)c3F)=c3/cc/c([nH]3)=C(\c3c(F)c(F)c(F)c(F)c3F)C3C=C/C(=C(\c4c(F)c(F)c(F)c(F)c4F)c4ccc5c(-c6c(F)c(F)c(F)c(F)c6F)c6c(n45)=CC2=N6)N3)c(F)c1F. The van der Waals surface area contributed by atoms with Gasteiger partial charge in [0, 0.05) is 44.3 Å². The lowest BCUT2D eigenvalue weighted by molar-refractivity contribution is 0.375. The van der Waals surface area contributed by atoms with E-state index in [0.29, 0.717) is 59.0 Å². The molecule has 432 valence electrons. The number of hydrogen-bond donors (Lipinski definition) is 2.